The van der Waals surface area contributed by atoms with Crippen molar-refractivity contribution in [3.05, 3.63) is 54.1 Å². The zero-order valence-electron chi connectivity index (χ0n) is 17.6. The SMILES string of the molecule is CC(=O)N(CCC(=O)Nc1ccc(N2CCCC2)cc1)c1ccccc1C(C)C. The minimum atomic E-state index is -0.0906. The number of nitrogens with zero attached hydrogens (tertiary/aromatic N) is 2. The molecule has 0 saturated carbocycles. The van der Waals surface area contributed by atoms with Gasteiger partial charge in [0, 0.05) is 50.0 Å². The molecule has 0 spiro atoms. The summed E-state index contributed by atoms with van der Waals surface area (Å²) in [6, 6.07) is 15.9. The van der Waals surface area contributed by atoms with Crippen molar-refractivity contribution in [3.8, 4) is 0 Å². The molecular weight excluding hydrogens is 362 g/mol. The summed E-state index contributed by atoms with van der Waals surface area (Å²) < 4.78 is 0. The van der Waals surface area contributed by atoms with Crippen LogP contribution in [0.5, 0.6) is 0 Å². The van der Waals surface area contributed by atoms with Gasteiger partial charge in [-0.05, 0) is 54.7 Å². The third-order valence-electron chi connectivity index (χ3n) is 5.41. The van der Waals surface area contributed by atoms with E-state index in [0.29, 0.717) is 12.5 Å². The molecule has 29 heavy (non-hydrogen) atoms. The highest BCUT2D eigenvalue weighted by molar-refractivity contribution is 5.95. The Hall–Kier alpha value is -2.82. The van der Waals surface area contributed by atoms with Crippen LogP contribution in [0.3, 0.4) is 0 Å². The number of amides is 2. The lowest BCUT2D eigenvalue weighted by atomic mass is 10.0. The van der Waals surface area contributed by atoms with Crippen LogP contribution in [0, 0.1) is 0 Å². The van der Waals surface area contributed by atoms with Gasteiger partial charge in [0.25, 0.3) is 0 Å². The van der Waals surface area contributed by atoms with Crippen molar-refractivity contribution in [3.63, 3.8) is 0 Å². The Kier molecular flexibility index (Phi) is 6.91. The fourth-order valence-corrected chi connectivity index (χ4v) is 3.84. The molecule has 3 rings (SSSR count). The minimum Gasteiger partial charge on any atom is -0.372 e. The summed E-state index contributed by atoms with van der Waals surface area (Å²) in [6.45, 7) is 8.32. The quantitative estimate of drug-likeness (QED) is 0.736. The molecule has 0 atom stereocenters. The van der Waals surface area contributed by atoms with E-state index in [1.54, 1.807) is 11.8 Å². The number of hydrogen-bond acceptors (Lipinski definition) is 3. The second-order valence-corrected chi connectivity index (χ2v) is 7.92. The van der Waals surface area contributed by atoms with Crippen LogP contribution in [-0.4, -0.2) is 31.4 Å². The molecule has 1 saturated heterocycles. The monoisotopic (exact) mass is 393 g/mol. The van der Waals surface area contributed by atoms with Crippen molar-refractivity contribution in [1.29, 1.82) is 0 Å². The van der Waals surface area contributed by atoms with Gasteiger partial charge in [-0.2, -0.15) is 0 Å². The van der Waals surface area contributed by atoms with Gasteiger partial charge in [0.1, 0.15) is 0 Å². The predicted molar refractivity (Wildman–Crippen MR) is 120 cm³/mol. The highest BCUT2D eigenvalue weighted by Gasteiger charge is 2.18. The van der Waals surface area contributed by atoms with E-state index in [1.807, 2.05) is 36.4 Å². The smallest absolute Gasteiger partial charge is 0.226 e. The largest absolute Gasteiger partial charge is 0.372 e. The van der Waals surface area contributed by atoms with Crippen LogP contribution in [0.2, 0.25) is 0 Å². The maximum atomic E-state index is 12.5. The van der Waals surface area contributed by atoms with Crippen molar-refractivity contribution >= 4 is 28.9 Å². The lowest BCUT2D eigenvalue weighted by Crippen LogP contribution is -2.32. The molecule has 0 bridgehead atoms. The predicted octanol–water partition coefficient (Wildman–Crippen LogP) is 4.79. The molecule has 0 unspecified atom stereocenters. The first-order valence-corrected chi connectivity index (χ1v) is 10.5. The number of anilines is 3. The molecule has 2 amide bonds. The topological polar surface area (TPSA) is 52.7 Å². The summed E-state index contributed by atoms with van der Waals surface area (Å²) in [4.78, 5) is 28.8. The van der Waals surface area contributed by atoms with Crippen molar-refractivity contribution in [2.45, 2.75) is 46.0 Å². The van der Waals surface area contributed by atoms with Gasteiger partial charge in [0.2, 0.25) is 11.8 Å². The normalized spacial score (nSPS) is 13.6. The molecule has 5 nitrogen and oxygen atoms in total. The first-order valence-electron chi connectivity index (χ1n) is 10.5. The first kappa shape index (κ1) is 20.9. The fraction of sp³-hybridized carbons (Fsp3) is 0.417. The Morgan fingerprint density at radius 2 is 1.69 bits per heavy atom. The molecule has 2 aromatic rings. The van der Waals surface area contributed by atoms with E-state index < -0.39 is 0 Å². The minimum absolute atomic E-state index is 0.0548. The Labute approximate surface area is 173 Å². The molecular formula is C24H31N3O2. The third kappa shape index (κ3) is 5.37. The number of hydrogen-bond donors (Lipinski definition) is 1. The van der Waals surface area contributed by atoms with E-state index in [2.05, 4.69) is 36.2 Å². The Bertz CT molecular complexity index is 839. The van der Waals surface area contributed by atoms with E-state index in [4.69, 9.17) is 0 Å². The molecule has 1 heterocycles. The lowest BCUT2D eigenvalue weighted by Gasteiger charge is -2.25. The Morgan fingerprint density at radius 1 is 1.03 bits per heavy atom. The average Bonchev–Trinajstić information content (AvgIpc) is 3.23. The number of carbonyl (C=O) groups is 2. The molecule has 1 fully saturated rings. The third-order valence-corrected chi connectivity index (χ3v) is 5.41. The summed E-state index contributed by atoms with van der Waals surface area (Å²) in [7, 11) is 0. The van der Waals surface area contributed by atoms with Crippen LogP contribution < -0.4 is 15.1 Å². The van der Waals surface area contributed by atoms with E-state index >= 15 is 0 Å². The van der Waals surface area contributed by atoms with Gasteiger partial charge in [0.15, 0.2) is 0 Å². The highest BCUT2D eigenvalue weighted by Crippen LogP contribution is 2.28. The number of para-hydroxylation sites is 1. The molecule has 0 radical (unpaired) electrons. The van der Waals surface area contributed by atoms with Crippen molar-refractivity contribution in [1.82, 2.24) is 0 Å². The molecule has 154 valence electrons. The summed E-state index contributed by atoms with van der Waals surface area (Å²) >= 11 is 0. The first-order chi connectivity index (χ1) is 14.0. The molecule has 0 aliphatic carbocycles. The molecule has 5 heteroatoms. The summed E-state index contributed by atoms with van der Waals surface area (Å²) in [5.41, 5.74) is 3.99. The van der Waals surface area contributed by atoms with E-state index in [0.717, 1.165) is 30.0 Å². The van der Waals surface area contributed by atoms with E-state index in [9.17, 15) is 9.59 Å². The summed E-state index contributed by atoms with van der Waals surface area (Å²) in [5, 5.41) is 2.95. The molecule has 1 aliphatic heterocycles. The molecule has 2 aromatic carbocycles. The average molecular weight is 394 g/mol. The number of rotatable bonds is 7. The van der Waals surface area contributed by atoms with Gasteiger partial charge in [-0.15, -0.1) is 0 Å². The van der Waals surface area contributed by atoms with Gasteiger partial charge in [0.05, 0.1) is 0 Å². The van der Waals surface area contributed by atoms with Gasteiger partial charge in [-0.1, -0.05) is 32.0 Å². The van der Waals surface area contributed by atoms with Gasteiger partial charge in [-0.3, -0.25) is 9.59 Å². The van der Waals surface area contributed by atoms with E-state index in [1.165, 1.54) is 18.5 Å². The molecule has 1 aliphatic rings. The highest BCUT2D eigenvalue weighted by atomic mass is 16.2. The van der Waals surface area contributed by atoms with Gasteiger partial charge < -0.3 is 15.1 Å². The summed E-state index contributed by atoms with van der Waals surface area (Å²) in [5.74, 6) is 0.157. The number of benzene rings is 2. The molecule has 1 N–H and O–H groups in total. The zero-order valence-corrected chi connectivity index (χ0v) is 17.6. The zero-order chi connectivity index (χ0) is 20.8. The standard InChI is InChI=1S/C24H31N3O2/c1-18(2)22-8-4-5-9-23(22)27(19(3)28)17-14-24(29)25-20-10-12-21(13-11-20)26-15-6-7-16-26/h4-5,8-13,18H,6-7,14-17H2,1-3H3,(H,25,29). The fourth-order valence-electron chi connectivity index (χ4n) is 3.84. The van der Waals surface area contributed by atoms with Crippen LogP contribution in [0.1, 0.15) is 51.5 Å². The van der Waals surface area contributed by atoms with Gasteiger partial charge in [-0.25, -0.2) is 0 Å². The number of carbonyl (C=O) groups excluding carboxylic acids is 2. The summed E-state index contributed by atoms with van der Waals surface area (Å²) in [6.07, 6.45) is 2.73. The van der Waals surface area contributed by atoms with Crippen LogP contribution in [-0.2, 0) is 9.59 Å². The maximum Gasteiger partial charge on any atom is 0.226 e. The van der Waals surface area contributed by atoms with Crippen LogP contribution >= 0.6 is 0 Å². The van der Waals surface area contributed by atoms with Crippen molar-refractivity contribution in [2.24, 2.45) is 0 Å². The lowest BCUT2D eigenvalue weighted by molar-refractivity contribution is -0.117. The van der Waals surface area contributed by atoms with Crippen molar-refractivity contribution in [2.75, 3.05) is 34.8 Å². The maximum absolute atomic E-state index is 12.5. The van der Waals surface area contributed by atoms with Crippen LogP contribution in [0.4, 0.5) is 17.1 Å². The van der Waals surface area contributed by atoms with Crippen molar-refractivity contribution < 1.29 is 9.59 Å². The second kappa shape index (κ2) is 9.59. The Morgan fingerprint density at radius 3 is 2.31 bits per heavy atom. The molecule has 0 aromatic heterocycles. The second-order valence-electron chi connectivity index (χ2n) is 7.92. The van der Waals surface area contributed by atoms with Crippen LogP contribution in [0.25, 0.3) is 0 Å². The van der Waals surface area contributed by atoms with E-state index in [-0.39, 0.29) is 18.2 Å². The Balaban J connectivity index is 1.60. The number of nitrogens with one attached hydrogen (secondary N) is 1. The van der Waals surface area contributed by atoms with Crippen LogP contribution in [0.15, 0.2) is 48.5 Å². The van der Waals surface area contributed by atoms with Gasteiger partial charge >= 0.3 is 0 Å².